The van der Waals surface area contributed by atoms with E-state index in [2.05, 4.69) is 0 Å². The molecule has 0 aliphatic rings. The van der Waals surface area contributed by atoms with E-state index in [-0.39, 0.29) is 13.0 Å². The van der Waals surface area contributed by atoms with Crippen molar-refractivity contribution in [3.63, 3.8) is 0 Å². The quantitative estimate of drug-likeness (QED) is 0.737. The van der Waals surface area contributed by atoms with Crippen LogP contribution in [0.2, 0.25) is 0 Å². The van der Waals surface area contributed by atoms with Crippen molar-refractivity contribution in [2.45, 2.75) is 6.42 Å². The van der Waals surface area contributed by atoms with Gasteiger partial charge in [0.15, 0.2) is 5.78 Å². The number of carbonyl (C=O) groups is 1. The number of benzene rings is 1. The Labute approximate surface area is 98.3 Å². The highest BCUT2D eigenvalue weighted by molar-refractivity contribution is 5.98. The molecule has 0 atom stereocenters. The van der Waals surface area contributed by atoms with Crippen LogP contribution in [0.5, 0.6) is 0 Å². The van der Waals surface area contributed by atoms with Gasteiger partial charge in [0, 0.05) is 13.0 Å². The standard InChI is InChI=1S/C12H12F2N2O/c1-16(7-3-6-15)8-11(17)12-9(13)4-2-5-10(12)14/h2,4-5H,3,7-8H2,1H3. The molecule has 0 fully saturated rings. The molecular formula is C12H12F2N2O. The Balaban J connectivity index is 2.74. The number of hydrogen-bond donors (Lipinski definition) is 0. The topological polar surface area (TPSA) is 44.1 Å². The molecule has 0 spiro atoms. The molecule has 0 N–H and O–H groups in total. The number of rotatable bonds is 5. The smallest absolute Gasteiger partial charge is 0.182 e. The lowest BCUT2D eigenvalue weighted by atomic mass is 10.1. The SMILES string of the molecule is CN(CCC#N)CC(=O)c1c(F)cccc1F. The van der Waals surface area contributed by atoms with Crippen LogP contribution in [0.25, 0.3) is 0 Å². The summed E-state index contributed by atoms with van der Waals surface area (Å²) in [5, 5.41) is 8.37. The van der Waals surface area contributed by atoms with Gasteiger partial charge in [-0.1, -0.05) is 6.07 Å². The summed E-state index contributed by atoms with van der Waals surface area (Å²) in [5.74, 6) is -2.34. The predicted molar refractivity (Wildman–Crippen MR) is 58.4 cm³/mol. The van der Waals surface area contributed by atoms with Gasteiger partial charge in [-0.3, -0.25) is 9.69 Å². The van der Waals surface area contributed by atoms with Gasteiger partial charge in [-0.15, -0.1) is 0 Å². The second-order valence-corrected chi connectivity index (χ2v) is 3.67. The molecule has 90 valence electrons. The lowest BCUT2D eigenvalue weighted by Gasteiger charge is -2.14. The zero-order chi connectivity index (χ0) is 12.8. The van der Waals surface area contributed by atoms with Gasteiger partial charge in [-0.05, 0) is 19.2 Å². The normalized spacial score (nSPS) is 10.3. The van der Waals surface area contributed by atoms with Crippen molar-refractivity contribution < 1.29 is 13.6 Å². The Morgan fingerprint density at radius 1 is 1.41 bits per heavy atom. The molecule has 0 bridgehead atoms. The highest BCUT2D eigenvalue weighted by atomic mass is 19.1. The third-order valence-electron chi connectivity index (χ3n) is 2.26. The van der Waals surface area contributed by atoms with Crippen LogP contribution in [0, 0.1) is 23.0 Å². The van der Waals surface area contributed by atoms with Crippen LogP contribution in [0.4, 0.5) is 8.78 Å². The first-order valence-corrected chi connectivity index (χ1v) is 5.09. The fourth-order valence-electron chi connectivity index (χ4n) is 1.41. The molecule has 1 rings (SSSR count). The van der Waals surface area contributed by atoms with E-state index in [9.17, 15) is 13.6 Å². The van der Waals surface area contributed by atoms with Crippen molar-refractivity contribution in [1.82, 2.24) is 4.90 Å². The first kappa shape index (κ1) is 13.3. The monoisotopic (exact) mass is 238 g/mol. The molecule has 0 amide bonds. The molecule has 1 aromatic carbocycles. The third kappa shape index (κ3) is 3.61. The molecule has 3 nitrogen and oxygen atoms in total. The average molecular weight is 238 g/mol. The van der Waals surface area contributed by atoms with Crippen molar-refractivity contribution in [3.05, 3.63) is 35.4 Å². The van der Waals surface area contributed by atoms with E-state index in [1.807, 2.05) is 6.07 Å². The summed E-state index contributed by atoms with van der Waals surface area (Å²) in [6, 6.07) is 5.24. The summed E-state index contributed by atoms with van der Waals surface area (Å²) in [6.45, 7) is 0.276. The number of carbonyl (C=O) groups excluding carboxylic acids is 1. The van der Waals surface area contributed by atoms with Gasteiger partial charge in [0.05, 0.1) is 18.2 Å². The molecule has 0 saturated carbocycles. The molecule has 0 radical (unpaired) electrons. The van der Waals surface area contributed by atoms with E-state index in [1.165, 1.54) is 6.07 Å². The minimum Gasteiger partial charge on any atom is -0.298 e. The lowest BCUT2D eigenvalue weighted by molar-refractivity contribution is 0.0939. The zero-order valence-corrected chi connectivity index (χ0v) is 9.41. The highest BCUT2D eigenvalue weighted by Crippen LogP contribution is 2.13. The van der Waals surface area contributed by atoms with Gasteiger partial charge in [-0.2, -0.15) is 5.26 Å². The number of likely N-dealkylation sites (N-methyl/N-ethyl adjacent to an activating group) is 1. The van der Waals surface area contributed by atoms with Crippen molar-refractivity contribution in [1.29, 1.82) is 5.26 Å². The number of nitriles is 1. The minimum absolute atomic E-state index is 0.112. The Kier molecular flexibility index (Phi) is 4.73. The molecule has 0 aromatic heterocycles. The fourth-order valence-corrected chi connectivity index (χ4v) is 1.41. The summed E-state index contributed by atoms with van der Waals surface area (Å²) in [7, 11) is 1.62. The second kappa shape index (κ2) is 6.06. The molecule has 5 heteroatoms. The zero-order valence-electron chi connectivity index (χ0n) is 9.41. The van der Waals surface area contributed by atoms with E-state index in [4.69, 9.17) is 5.26 Å². The molecule has 0 aliphatic heterocycles. The van der Waals surface area contributed by atoms with Gasteiger partial charge in [0.1, 0.15) is 11.6 Å². The van der Waals surface area contributed by atoms with Crippen LogP contribution in [-0.2, 0) is 0 Å². The lowest BCUT2D eigenvalue weighted by Crippen LogP contribution is -2.27. The van der Waals surface area contributed by atoms with Gasteiger partial charge in [0.2, 0.25) is 0 Å². The maximum Gasteiger partial charge on any atom is 0.182 e. The van der Waals surface area contributed by atoms with Crippen molar-refractivity contribution in [2.24, 2.45) is 0 Å². The summed E-state index contributed by atoms with van der Waals surface area (Å²) in [5.41, 5.74) is -0.517. The van der Waals surface area contributed by atoms with Crippen LogP contribution in [0.15, 0.2) is 18.2 Å². The largest absolute Gasteiger partial charge is 0.298 e. The van der Waals surface area contributed by atoms with Crippen LogP contribution in [0.1, 0.15) is 16.8 Å². The van der Waals surface area contributed by atoms with Gasteiger partial charge in [-0.25, -0.2) is 8.78 Å². The number of hydrogen-bond acceptors (Lipinski definition) is 3. The first-order valence-electron chi connectivity index (χ1n) is 5.09. The first-order chi connectivity index (χ1) is 8.06. The second-order valence-electron chi connectivity index (χ2n) is 3.67. The maximum absolute atomic E-state index is 13.3. The Bertz CT molecular complexity index is 434. The predicted octanol–water partition coefficient (Wildman–Crippen LogP) is 1.99. The molecule has 1 aromatic rings. The summed E-state index contributed by atoms with van der Waals surface area (Å²) in [4.78, 5) is 13.2. The van der Waals surface area contributed by atoms with Gasteiger partial charge >= 0.3 is 0 Å². The average Bonchev–Trinajstić information content (AvgIpc) is 2.26. The van der Waals surface area contributed by atoms with E-state index in [0.29, 0.717) is 6.54 Å². The van der Waals surface area contributed by atoms with E-state index in [1.54, 1.807) is 11.9 Å². The summed E-state index contributed by atoms with van der Waals surface area (Å²) < 4.78 is 26.5. The Morgan fingerprint density at radius 2 is 2.00 bits per heavy atom. The minimum atomic E-state index is -0.858. The van der Waals surface area contributed by atoms with Crippen LogP contribution < -0.4 is 0 Å². The third-order valence-corrected chi connectivity index (χ3v) is 2.26. The van der Waals surface area contributed by atoms with E-state index in [0.717, 1.165) is 12.1 Å². The fraction of sp³-hybridized carbons (Fsp3) is 0.333. The number of Topliss-reactive ketones (excluding diaryl/α,β-unsaturated/α-hetero) is 1. The Morgan fingerprint density at radius 3 is 2.53 bits per heavy atom. The Hall–Kier alpha value is -1.80. The van der Waals surface area contributed by atoms with Crippen molar-refractivity contribution in [2.75, 3.05) is 20.1 Å². The van der Waals surface area contributed by atoms with Crippen LogP contribution >= 0.6 is 0 Å². The van der Waals surface area contributed by atoms with E-state index >= 15 is 0 Å². The molecule has 17 heavy (non-hydrogen) atoms. The summed E-state index contributed by atoms with van der Waals surface area (Å²) >= 11 is 0. The number of halogens is 2. The van der Waals surface area contributed by atoms with Crippen molar-refractivity contribution >= 4 is 5.78 Å². The van der Waals surface area contributed by atoms with Crippen molar-refractivity contribution in [3.8, 4) is 6.07 Å². The van der Waals surface area contributed by atoms with Crippen LogP contribution in [-0.4, -0.2) is 30.8 Å². The van der Waals surface area contributed by atoms with Gasteiger partial charge < -0.3 is 0 Å². The molecule has 0 saturated heterocycles. The molecule has 0 unspecified atom stereocenters. The van der Waals surface area contributed by atoms with E-state index < -0.39 is 23.0 Å². The molecular weight excluding hydrogens is 226 g/mol. The molecule has 0 aliphatic carbocycles. The van der Waals surface area contributed by atoms with Crippen LogP contribution in [0.3, 0.4) is 0 Å². The van der Waals surface area contributed by atoms with Gasteiger partial charge in [0.25, 0.3) is 0 Å². The number of nitrogens with zero attached hydrogens (tertiary/aromatic N) is 2. The maximum atomic E-state index is 13.3. The molecule has 0 heterocycles. The summed E-state index contributed by atoms with van der Waals surface area (Å²) in [6.07, 6.45) is 0.267. The highest BCUT2D eigenvalue weighted by Gasteiger charge is 2.17. The number of ketones is 1.